The number of nitrogens with one attached hydrogen (secondary N) is 2. The van der Waals surface area contributed by atoms with Crippen molar-refractivity contribution in [2.45, 2.75) is 26.3 Å². The highest BCUT2D eigenvalue weighted by molar-refractivity contribution is 5.81. The second-order valence-corrected chi connectivity index (χ2v) is 4.97. The van der Waals surface area contributed by atoms with Crippen molar-refractivity contribution in [1.82, 2.24) is 10.3 Å². The molecule has 0 fully saturated rings. The van der Waals surface area contributed by atoms with Crippen LogP contribution in [0.3, 0.4) is 0 Å². The van der Waals surface area contributed by atoms with Crippen molar-refractivity contribution in [1.29, 1.82) is 0 Å². The molecule has 0 saturated heterocycles. The number of aromatic nitrogens is 1. The third-order valence-electron chi connectivity index (χ3n) is 3.14. The lowest BCUT2D eigenvalue weighted by atomic mass is 10.1. The van der Waals surface area contributed by atoms with Gasteiger partial charge < -0.3 is 15.0 Å². The molecule has 1 aromatic heterocycles. The van der Waals surface area contributed by atoms with Crippen molar-refractivity contribution in [3.05, 3.63) is 35.5 Å². The van der Waals surface area contributed by atoms with Gasteiger partial charge in [-0.15, -0.1) is 0 Å². The molecular formula is C15H22N2O. The quantitative estimate of drug-likeness (QED) is 0.769. The Balaban J connectivity index is 2.07. The molecule has 2 rings (SSSR count). The molecule has 98 valence electrons. The monoisotopic (exact) mass is 246 g/mol. The van der Waals surface area contributed by atoms with Crippen LogP contribution in [0.15, 0.2) is 24.3 Å². The minimum atomic E-state index is 0.542. The van der Waals surface area contributed by atoms with Gasteiger partial charge in [-0.1, -0.05) is 19.9 Å². The summed E-state index contributed by atoms with van der Waals surface area (Å²) >= 11 is 0. The first-order chi connectivity index (χ1) is 8.70. The highest BCUT2D eigenvalue weighted by Gasteiger charge is 2.04. The van der Waals surface area contributed by atoms with Gasteiger partial charge in [0.15, 0.2) is 0 Å². The molecule has 1 heterocycles. The Labute approximate surface area is 109 Å². The first-order valence-corrected chi connectivity index (χ1v) is 6.52. The van der Waals surface area contributed by atoms with E-state index in [1.807, 2.05) is 0 Å². The maximum Gasteiger partial charge on any atom is 0.0587 e. The number of benzene rings is 1. The molecule has 3 nitrogen and oxygen atoms in total. The molecule has 0 spiro atoms. The summed E-state index contributed by atoms with van der Waals surface area (Å²) in [5.41, 5.74) is 3.83. The molecule has 3 heteroatoms. The molecule has 0 aliphatic rings. The van der Waals surface area contributed by atoms with Crippen LogP contribution in [-0.4, -0.2) is 25.2 Å². The second-order valence-electron chi connectivity index (χ2n) is 4.97. The normalized spacial score (nSPS) is 11.6. The number of aromatic amines is 1. The summed E-state index contributed by atoms with van der Waals surface area (Å²) < 4.78 is 5.01. The molecule has 0 saturated carbocycles. The third kappa shape index (κ3) is 3.12. The molecule has 0 atom stereocenters. The number of rotatable bonds is 6. The molecule has 18 heavy (non-hydrogen) atoms. The van der Waals surface area contributed by atoms with Crippen LogP contribution in [0.4, 0.5) is 0 Å². The Hall–Kier alpha value is -1.32. The zero-order valence-corrected chi connectivity index (χ0v) is 11.4. The Bertz CT molecular complexity index is 502. The largest absolute Gasteiger partial charge is 0.383 e. The third-order valence-corrected chi connectivity index (χ3v) is 3.14. The van der Waals surface area contributed by atoms with Gasteiger partial charge in [0, 0.05) is 31.4 Å². The van der Waals surface area contributed by atoms with Crippen molar-refractivity contribution < 1.29 is 4.74 Å². The minimum absolute atomic E-state index is 0.542. The minimum Gasteiger partial charge on any atom is -0.383 e. The van der Waals surface area contributed by atoms with Crippen LogP contribution in [0.5, 0.6) is 0 Å². The lowest BCUT2D eigenvalue weighted by Gasteiger charge is -2.04. The van der Waals surface area contributed by atoms with Crippen LogP contribution in [0, 0.1) is 0 Å². The van der Waals surface area contributed by atoms with Crippen LogP contribution in [0.1, 0.15) is 31.0 Å². The average Bonchev–Trinajstić information content (AvgIpc) is 2.78. The van der Waals surface area contributed by atoms with Gasteiger partial charge >= 0.3 is 0 Å². The number of methoxy groups -OCH3 is 1. The molecule has 0 aliphatic heterocycles. The van der Waals surface area contributed by atoms with Crippen LogP contribution in [0.25, 0.3) is 10.9 Å². The molecule has 0 aliphatic carbocycles. The lowest BCUT2D eigenvalue weighted by molar-refractivity contribution is 0.199. The van der Waals surface area contributed by atoms with E-state index >= 15 is 0 Å². The van der Waals surface area contributed by atoms with E-state index in [9.17, 15) is 0 Å². The summed E-state index contributed by atoms with van der Waals surface area (Å²) in [6.07, 6.45) is 0. The first kappa shape index (κ1) is 13.1. The maximum atomic E-state index is 5.01. The van der Waals surface area contributed by atoms with E-state index in [1.165, 1.54) is 22.2 Å². The molecule has 2 aromatic rings. The van der Waals surface area contributed by atoms with Gasteiger partial charge in [0.1, 0.15) is 0 Å². The zero-order valence-electron chi connectivity index (χ0n) is 11.4. The number of ether oxygens (including phenoxy) is 1. The van der Waals surface area contributed by atoms with Gasteiger partial charge in [0.05, 0.1) is 6.61 Å². The molecule has 0 radical (unpaired) electrons. The highest BCUT2D eigenvalue weighted by Crippen LogP contribution is 2.21. The maximum absolute atomic E-state index is 5.01. The summed E-state index contributed by atoms with van der Waals surface area (Å²) in [6.45, 7) is 6.94. The van der Waals surface area contributed by atoms with E-state index in [-0.39, 0.29) is 0 Å². The summed E-state index contributed by atoms with van der Waals surface area (Å²) in [7, 11) is 1.72. The van der Waals surface area contributed by atoms with E-state index in [1.54, 1.807) is 7.11 Å². The van der Waals surface area contributed by atoms with Gasteiger partial charge in [-0.3, -0.25) is 0 Å². The molecule has 1 aromatic carbocycles. The summed E-state index contributed by atoms with van der Waals surface area (Å²) in [4.78, 5) is 3.46. The van der Waals surface area contributed by atoms with Gasteiger partial charge in [0.2, 0.25) is 0 Å². The van der Waals surface area contributed by atoms with E-state index in [4.69, 9.17) is 4.74 Å². The van der Waals surface area contributed by atoms with Crippen molar-refractivity contribution >= 4 is 10.9 Å². The number of H-pyrrole nitrogens is 1. The topological polar surface area (TPSA) is 37.0 Å². The average molecular weight is 246 g/mol. The molecule has 0 amide bonds. The van der Waals surface area contributed by atoms with E-state index < -0.39 is 0 Å². The Kier molecular flexibility index (Phi) is 4.39. The molecular weight excluding hydrogens is 224 g/mol. The summed E-state index contributed by atoms with van der Waals surface area (Å²) in [5, 5.41) is 4.66. The molecule has 0 bridgehead atoms. The number of hydrogen-bond donors (Lipinski definition) is 2. The Morgan fingerprint density at radius 1 is 1.28 bits per heavy atom. The molecule has 0 unspecified atom stereocenters. The summed E-state index contributed by atoms with van der Waals surface area (Å²) in [5.74, 6) is 0.542. The predicted octanol–water partition coefficient (Wildman–Crippen LogP) is 3.03. The van der Waals surface area contributed by atoms with Gasteiger partial charge in [0.25, 0.3) is 0 Å². The Morgan fingerprint density at radius 3 is 2.83 bits per heavy atom. The van der Waals surface area contributed by atoms with Crippen molar-refractivity contribution in [2.24, 2.45) is 0 Å². The van der Waals surface area contributed by atoms with Crippen LogP contribution >= 0.6 is 0 Å². The fraction of sp³-hybridized carbons (Fsp3) is 0.467. The first-order valence-electron chi connectivity index (χ1n) is 6.52. The predicted molar refractivity (Wildman–Crippen MR) is 76.0 cm³/mol. The lowest BCUT2D eigenvalue weighted by Crippen LogP contribution is -2.18. The smallest absolute Gasteiger partial charge is 0.0587 e. The Morgan fingerprint density at radius 2 is 2.11 bits per heavy atom. The van der Waals surface area contributed by atoms with Crippen molar-refractivity contribution in [3.8, 4) is 0 Å². The second kappa shape index (κ2) is 6.03. The fourth-order valence-electron chi connectivity index (χ4n) is 2.03. The van der Waals surface area contributed by atoms with Crippen LogP contribution < -0.4 is 5.32 Å². The van der Waals surface area contributed by atoms with Gasteiger partial charge in [-0.05, 0) is 35.1 Å². The van der Waals surface area contributed by atoms with E-state index in [0.717, 1.165) is 19.7 Å². The number of hydrogen-bond acceptors (Lipinski definition) is 2. The molecule has 2 N–H and O–H groups in total. The highest BCUT2D eigenvalue weighted by atomic mass is 16.5. The summed E-state index contributed by atoms with van der Waals surface area (Å²) in [6, 6.07) is 8.83. The van der Waals surface area contributed by atoms with E-state index in [0.29, 0.717) is 5.92 Å². The zero-order chi connectivity index (χ0) is 13.0. The standard InChI is InChI=1S/C15H22N2O/c1-11(2)15-9-13-8-12(4-5-14(13)17-15)10-16-6-7-18-3/h4-5,8-9,11,16-17H,6-7,10H2,1-3H3. The van der Waals surface area contributed by atoms with Gasteiger partial charge in [-0.2, -0.15) is 0 Å². The van der Waals surface area contributed by atoms with Gasteiger partial charge in [-0.25, -0.2) is 0 Å². The van der Waals surface area contributed by atoms with Crippen LogP contribution in [-0.2, 0) is 11.3 Å². The fourth-order valence-corrected chi connectivity index (χ4v) is 2.03. The van der Waals surface area contributed by atoms with Crippen LogP contribution in [0.2, 0.25) is 0 Å². The van der Waals surface area contributed by atoms with E-state index in [2.05, 4.69) is 48.4 Å². The van der Waals surface area contributed by atoms with Crippen molar-refractivity contribution in [2.75, 3.05) is 20.3 Å². The number of fused-ring (bicyclic) bond motifs is 1. The SMILES string of the molecule is COCCNCc1ccc2[nH]c(C(C)C)cc2c1. The van der Waals surface area contributed by atoms with Crippen molar-refractivity contribution in [3.63, 3.8) is 0 Å².